The number of halogens is 2. The minimum absolute atomic E-state index is 0.427. The third-order valence-corrected chi connectivity index (χ3v) is 1.59. The van der Waals surface area contributed by atoms with Crippen molar-refractivity contribution in [2.24, 2.45) is 0 Å². The van der Waals surface area contributed by atoms with Crippen LogP contribution in [-0.2, 0) is 0 Å². The highest BCUT2D eigenvalue weighted by Gasteiger charge is 1.84. The number of rotatable bonds is 5. The van der Waals surface area contributed by atoms with Crippen LogP contribution >= 0.6 is 31.9 Å². The molecule has 0 aromatic rings. The average molecular weight is 248 g/mol. The molecule has 50 valence electrons. The first-order valence-corrected chi connectivity index (χ1v) is 4.17. The molecule has 0 rings (SSSR count). The van der Waals surface area contributed by atoms with Crippen molar-refractivity contribution in [3.05, 3.63) is 0 Å². The molecule has 8 heavy (non-hydrogen) atoms. The van der Waals surface area contributed by atoms with Crippen LogP contribution in [0.3, 0.4) is 0 Å². The summed E-state index contributed by atoms with van der Waals surface area (Å²) in [7, 11) is 0. The van der Waals surface area contributed by atoms with E-state index in [0.29, 0.717) is 25.7 Å². The Kier molecular flexibility index (Phi) is 3.95. The number of hydrogen-bond donors (Lipinski definition) is 0. The van der Waals surface area contributed by atoms with E-state index in [4.69, 9.17) is 5.48 Å². The first-order chi connectivity index (χ1) is 5.21. The van der Waals surface area contributed by atoms with Gasteiger partial charge >= 0.3 is 0 Å². The fraction of sp³-hybridized carbons (Fsp3) is 1.00. The Morgan fingerprint density at radius 3 is 1.50 bits per heavy atom. The summed E-state index contributed by atoms with van der Waals surface area (Å²) in [6, 6.07) is 0. The standard InChI is InChI=1S/C6H12Br2/c7-5-3-1-2-4-6-8/h1-6H2/i5D2,6D2. The molecular formula is C6H12Br2. The van der Waals surface area contributed by atoms with Crippen LogP contribution in [-0.4, -0.2) is 10.6 Å². The van der Waals surface area contributed by atoms with Gasteiger partial charge in [-0.2, -0.15) is 0 Å². The summed E-state index contributed by atoms with van der Waals surface area (Å²) < 4.78 is 28.6. The Balaban J connectivity index is 3.35. The van der Waals surface area contributed by atoms with E-state index >= 15 is 0 Å². The van der Waals surface area contributed by atoms with Crippen molar-refractivity contribution in [2.45, 2.75) is 25.7 Å². The van der Waals surface area contributed by atoms with Crippen molar-refractivity contribution >= 4 is 31.9 Å². The molecule has 0 aromatic heterocycles. The predicted octanol–water partition coefficient (Wildman–Crippen LogP) is 3.34. The van der Waals surface area contributed by atoms with Gasteiger partial charge in [0, 0.05) is 16.0 Å². The molecule has 0 amide bonds. The molecule has 0 aliphatic carbocycles. The Bertz CT molecular complexity index is 110. The van der Waals surface area contributed by atoms with Crippen molar-refractivity contribution in [1.82, 2.24) is 0 Å². The first kappa shape index (κ1) is 3.97. The summed E-state index contributed by atoms with van der Waals surface area (Å²) in [6.45, 7) is 0. The van der Waals surface area contributed by atoms with Gasteiger partial charge in [-0.15, -0.1) is 0 Å². The predicted molar refractivity (Wildman–Crippen MR) is 46.1 cm³/mol. The Morgan fingerprint density at radius 2 is 1.25 bits per heavy atom. The van der Waals surface area contributed by atoms with Gasteiger partial charge in [0.05, 0.1) is 0 Å². The van der Waals surface area contributed by atoms with Crippen LogP contribution in [0.1, 0.15) is 31.2 Å². The zero-order chi connectivity index (χ0) is 9.83. The summed E-state index contributed by atoms with van der Waals surface area (Å²) in [6.07, 6.45) is 2.25. The maximum absolute atomic E-state index is 7.14. The molecule has 0 aliphatic heterocycles. The quantitative estimate of drug-likeness (QED) is 0.517. The zero-order valence-electron chi connectivity index (χ0n) is 8.58. The lowest BCUT2D eigenvalue weighted by atomic mass is 10.2. The van der Waals surface area contributed by atoms with E-state index in [2.05, 4.69) is 31.9 Å². The Labute approximate surface area is 73.9 Å². The number of unbranched alkanes of at least 4 members (excludes halogenated alkanes) is 1. The van der Waals surface area contributed by atoms with Crippen molar-refractivity contribution in [3.63, 3.8) is 0 Å². The number of hydrogen-bond acceptors (Lipinski definition) is 0. The van der Waals surface area contributed by atoms with Crippen molar-refractivity contribution in [2.75, 3.05) is 10.6 Å². The van der Waals surface area contributed by atoms with Gasteiger partial charge < -0.3 is 0 Å². The Hall–Kier alpha value is 0.960. The molecule has 0 nitrogen and oxygen atoms in total. The fourth-order valence-electron chi connectivity index (χ4n) is 0.384. The van der Waals surface area contributed by atoms with E-state index in [1.807, 2.05) is 0 Å². The van der Waals surface area contributed by atoms with Gasteiger partial charge in [-0.1, -0.05) is 44.7 Å². The van der Waals surface area contributed by atoms with E-state index in [-0.39, 0.29) is 0 Å². The van der Waals surface area contributed by atoms with Crippen molar-refractivity contribution in [3.8, 4) is 0 Å². The molecule has 0 fully saturated rings. The highest BCUT2D eigenvalue weighted by Crippen LogP contribution is 2.02. The van der Waals surface area contributed by atoms with E-state index in [1.165, 1.54) is 0 Å². The van der Waals surface area contributed by atoms with Gasteiger partial charge in [0.2, 0.25) is 0 Å². The minimum atomic E-state index is -1.30. The number of alkyl halides is 2. The molecule has 0 radical (unpaired) electrons. The van der Waals surface area contributed by atoms with Gasteiger partial charge in [0.15, 0.2) is 0 Å². The van der Waals surface area contributed by atoms with Gasteiger partial charge in [-0.05, 0) is 12.8 Å². The van der Waals surface area contributed by atoms with E-state index in [9.17, 15) is 0 Å². The SMILES string of the molecule is [2H]C([2H])(Br)CCCCC([2H])([2H])Br. The van der Waals surface area contributed by atoms with Crippen LogP contribution in [0, 0.1) is 0 Å². The molecule has 0 saturated heterocycles. The molecule has 0 heterocycles. The van der Waals surface area contributed by atoms with Crippen LogP contribution in [0.25, 0.3) is 0 Å². The van der Waals surface area contributed by atoms with Crippen LogP contribution in [0.15, 0.2) is 0 Å². The molecule has 0 N–H and O–H groups in total. The highest BCUT2D eigenvalue weighted by atomic mass is 79.9. The van der Waals surface area contributed by atoms with Gasteiger partial charge in [-0.25, -0.2) is 0 Å². The smallest absolute Gasteiger partial charge is 0.0387 e. The monoisotopic (exact) mass is 246 g/mol. The lowest BCUT2D eigenvalue weighted by Crippen LogP contribution is -1.78. The van der Waals surface area contributed by atoms with Gasteiger partial charge in [-0.3, -0.25) is 0 Å². The molecule has 0 atom stereocenters. The van der Waals surface area contributed by atoms with Crippen molar-refractivity contribution in [1.29, 1.82) is 0 Å². The topological polar surface area (TPSA) is 0 Å². The third-order valence-electron chi connectivity index (χ3n) is 0.793. The van der Waals surface area contributed by atoms with Crippen molar-refractivity contribution < 1.29 is 5.48 Å². The van der Waals surface area contributed by atoms with Gasteiger partial charge in [0.1, 0.15) is 0 Å². The molecule has 0 bridgehead atoms. The first-order valence-electron chi connectivity index (χ1n) is 4.59. The second-order valence-corrected chi connectivity index (χ2v) is 2.60. The lowest BCUT2D eigenvalue weighted by Gasteiger charge is -1.92. The molecule has 2 heteroatoms. The van der Waals surface area contributed by atoms with Crippen LogP contribution in [0.2, 0.25) is 0 Å². The van der Waals surface area contributed by atoms with E-state index in [1.54, 1.807) is 0 Å². The summed E-state index contributed by atoms with van der Waals surface area (Å²) in [5.41, 5.74) is 0. The maximum Gasteiger partial charge on any atom is 0.0387 e. The minimum Gasteiger partial charge on any atom is -0.0928 e. The molecule has 0 saturated carbocycles. The maximum atomic E-state index is 7.14. The molecule has 0 unspecified atom stereocenters. The van der Waals surface area contributed by atoms with E-state index in [0.717, 1.165) is 0 Å². The molecular weight excluding hydrogens is 232 g/mol. The van der Waals surface area contributed by atoms with E-state index < -0.39 is 10.6 Å². The second-order valence-electron chi connectivity index (χ2n) is 1.47. The van der Waals surface area contributed by atoms with Crippen LogP contribution < -0.4 is 0 Å². The largest absolute Gasteiger partial charge is 0.0928 e. The van der Waals surface area contributed by atoms with Gasteiger partial charge in [0.25, 0.3) is 0 Å². The van der Waals surface area contributed by atoms with Crippen LogP contribution in [0.5, 0.6) is 0 Å². The average Bonchev–Trinajstić information content (AvgIpc) is 1.76. The normalized spacial score (nSPS) is 20.8. The van der Waals surface area contributed by atoms with Crippen LogP contribution in [0.4, 0.5) is 0 Å². The summed E-state index contributed by atoms with van der Waals surface area (Å²) in [5, 5.41) is -2.60. The molecule has 0 aromatic carbocycles. The zero-order valence-corrected chi connectivity index (χ0v) is 7.76. The highest BCUT2D eigenvalue weighted by molar-refractivity contribution is 9.09. The molecule has 0 spiro atoms. The second kappa shape index (κ2) is 7.96. The third kappa shape index (κ3) is 6.96. The lowest BCUT2D eigenvalue weighted by molar-refractivity contribution is 0.715. The molecule has 0 aliphatic rings. The fourth-order valence-corrected chi connectivity index (χ4v) is 0.944. The summed E-state index contributed by atoms with van der Waals surface area (Å²) in [5.74, 6) is 0. The Morgan fingerprint density at radius 1 is 0.875 bits per heavy atom. The summed E-state index contributed by atoms with van der Waals surface area (Å²) >= 11 is 5.77. The summed E-state index contributed by atoms with van der Waals surface area (Å²) in [4.78, 5) is 0.